The molecule has 0 amide bonds. The topological polar surface area (TPSA) is 52.2 Å². The Kier molecular flexibility index (Phi) is 4.96. The van der Waals surface area contributed by atoms with E-state index in [1.807, 2.05) is 24.3 Å². The molecule has 0 bridgehead atoms. The summed E-state index contributed by atoms with van der Waals surface area (Å²) < 4.78 is 0. The van der Waals surface area contributed by atoms with Gasteiger partial charge in [0, 0.05) is 19.6 Å². The third-order valence-electron chi connectivity index (χ3n) is 4.93. The van der Waals surface area contributed by atoms with Crippen LogP contribution in [0.1, 0.15) is 26.7 Å². The van der Waals surface area contributed by atoms with Crippen LogP contribution in [0.4, 0.5) is 5.95 Å². The Balaban J connectivity index is 1.69. The van der Waals surface area contributed by atoms with E-state index in [2.05, 4.69) is 33.6 Å². The standard InChI is InChI=1S/C18H26N4O/c1-3-21(4-2)13-14-9-11-22(12-10-14)18-19-16-8-6-5-7-15(16)17(23)20-18/h5-8,14H,3-4,9-13H2,1-2H3,(H,19,20,23). The molecule has 1 fully saturated rings. The number of anilines is 1. The number of benzene rings is 1. The summed E-state index contributed by atoms with van der Waals surface area (Å²) in [4.78, 5) is 24.5. The van der Waals surface area contributed by atoms with Crippen molar-refractivity contribution in [1.82, 2.24) is 14.9 Å². The van der Waals surface area contributed by atoms with Crippen molar-refractivity contribution in [1.29, 1.82) is 0 Å². The number of aromatic nitrogens is 2. The van der Waals surface area contributed by atoms with Crippen LogP contribution in [0.15, 0.2) is 29.1 Å². The van der Waals surface area contributed by atoms with Crippen LogP contribution in [0.25, 0.3) is 10.9 Å². The maximum atomic E-state index is 12.2. The second-order valence-corrected chi connectivity index (χ2v) is 6.32. The highest BCUT2D eigenvalue weighted by atomic mass is 16.1. The van der Waals surface area contributed by atoms with Crippen molar-refractivity contribution in [3.05, 3.63) is 34.6 Å². The number of para-hydroxylation sites is 1. The Morgan fingerprint density at radius 3 is 2.61 bits per heavy atom. The first-order valence-electron chi connectivity index (χ1n) is 8.67. The van der Waals surface area contributed by atoms with Gasteiger partial charge in [0.25, 0.3) is 5.56 Å². The monoisotopic (exact) mass is 314 g/mol. The predicted octanol–water partition coefficient (Wildman–Crippen LogP) is 2.48. The third kappa shape index (κ3) is 3.55. The first-order valence-corrected chi connectivity index (χ1v) is 8.67. The summed E-state index contributed by atoms with van der Waals surface area (Å²) in [5.41, 5.74) is 0.729. The molecule has 1 aromatic heterocycles. The normalized spacial score (nSPS) is 16.4. The zero-order valence-corrected chi connectivity index (χ0v) is 14.1. The van der Waals surface area contributed by atoms with Crippen molar-refractivity contribution in [2.45, 2.75) is 26.7 Å². The van der Waals surface area contributed by atoms with Gasteiger partial charge in [-0.05, 0) is 44.0 Å². The summed E-state index contributed by atoms with van der Waals surface area (Å²) in [7, 11) is 0. The summed E-state index contributed by atoms with van der Waals surface area (Å²) >= 11 is 0. The Bertz CT molecular complexity index is 699. The second kappa shape index (κ2) is 7.13. The number of H-pyrrole nitrogens is 1. The number of rotatable bonds is 5. The van der Waals surface area contributed by atoms with E-state index in [-0.39, 0.29) is 5.56 Å². The van der Waals surface area contributed by atoms with Gasteiger partial charge in [0.05, 0.1) is 10.9 Å². The fraction of sp³-hybridized carbons (Fsp3) is 0.556. The molecule has 0 aliphatic carbocycles. The SMILES string of the molecule is CCN(CC)CC1CCN(c2nc3ccccc3c(=O)[nH]2)CC1. The lowest BCUT2D eigenvalue weighted by Gasteiger charge is -2.34. The van der Waals surface area contributed by atoms with Crippen molar-refractivity contribution in [2.75, 3.05) is 37.6 Å². The van der Waals surface area contributed by atoms with Gasteiger partial charge in [-0.1, -0.05) is 26.0 Å². The van der Waals surface area contributed by atoms with Gasteiger partial charge in [-0.3, -0.25) is 9.78 Å². The number of aromatic amines is 1. The summed E-state index contributed by atoms with van der Waals surface area (Å²) in [6.07, 6.45) is 2.32. The van der Waals surface area contributed by atoms with Crippen molar-refractivity contribution in [3.8, 4) is 0 Å². The molecule has 0 unspecified atom stereocenters. The van der Waals surface area contributed by atoms with Crippen LogP contribution in [0.5, 0.6) is 0 Å². The molecule has 1 aromatic carbocycles. The summed E-state index contributed by atoms with van der Waals surface area (Å²) in [5.74, 6) is 1.47. The molecule has 5 heteroatoms. The van der Waals surface area contributed by atoms with Gasteiger partial charge in [-0.15, -0.1) is 0 Å². The molecule has 0 radical (unpaired) electrons. The van der Waals surface area contributed by atoms with E-state index in [1.54, 1.807) is 0 Å². The van der Waals surface area contributed by atoms with Crippen LogP contribution in [0, 0.1) is 5.92 Å². The maximum absolute atomic E-state index is 12.2. The van der Waals surface area contributed by atoms with Gasteiger partial charge in [0.15, 0.2) is 0 Å². The first-order chi connectivity index (χ1) is 11.2. The minimum Gasteiger partial charge on any atom is -0.342 e. The predicted molar refractivity (Wildman–Crippen MR) is 95.1 cm³/mol. The lowest BCUT2D eigenvalue weighted by Crippen LogP contribution is -2.40. The molecule has 0 atom stereocenters. The van der Waals surface area contributed by atoms with Crippen LogP contribution in [-0.2, 0) is 0 Å². The summed E-state index contributed by atoms with van der Waals surface area (Å²) in [6.45, 7) is 9.81. The lowest BCUT2D eigenvalue weighted by atomic mass is 9.96. The van der Waals surface area contributed by atoms with Crippen molar-refractivity contribution in [2.24, 2.45) is 5.92 Å². The molecular weight excluding hydrogens is 288 g/mol. The Labute approximate surface area is 137 Å². The van der Waals surface area contributed by atoms with Crippen LogP contribution in [-0.4, -0.2) is 47.6 Å². The molecule has 1 aliphatic heterocycles. The number of nitrogens with one attached hydrogen (secondary N) is 1. The molecule has 1 aliphatic rings. The molecule has 0 spiro atoms. The molecule has 124 valence electrons. The van der Waals surface area contributed by atoms with Crippen LogP contribution in [0.2, 0.25) is 0 Å². The average molecular weight is 314 g/mol. The average Bonchev–Trinajstić information content (AvgIpc) is 2.60. The quantitative estimate of drug-likeness (QED) is 0.921. The van der Waals surface area contributed by atoms with Gasteiger partial charge in [-0.25, -0.2) is 4.98 Å². The van der Waals surface area contributed by atoms with E-state index in [0.717, 1.165) is 56.4 Å². The molecule has 0 saturated carbocycles. The first kappa shape index (κ1) is 16.0. The van der Waals surface area contributed by atoms with Gasteiger partial charge in [-0.2, -0.15) is 0 Å². The number of nitrogens with zero attached hydrogens (tertiary/aromatic N) is 3. The highest BCUT2D eigenvalue weighted by Crippen LogP contribution is 2.22. The second-order valence-electron chi connectivity index (χ2n) is 6.32. The largest absolute Gasteiger partial charge is 0.342 e. The fourth-order valence-corrected chi connectivity index (χ4v) is 3.40. The highest BCUT2D eigenvalue weighted by Gasteiger charge is 2.22. The van der Waals surface area contributed by atoms with E-state index in [4.69, 9.17) is 0 Å². The van der Waals surface area contributed by atoms with Gasteiger partial charge in [0.1, 0.15) is 0 Å². The van der Waals surface area contributed by atoms with E-state index in [9.17, 15) is 4.79 Å². The number of hydrogen-bond acceptors (Lipinski definition) is 4. The molecule has 2 aromatic rings. The highest BCUT2D eigenvalue weighted by molar-refractivity contribution is 5.78. The van der Waals surface area contributed by atoms with Crippen molar-refractivity contribution in [3.63, 3.8) is 0 Å². The summed E-state index contributed by atoms with van der Waals surface area (Å²) in [6, 6.07) is 7.52. The Morgan fingerprint density at radius 1 is 1.22 bits per heavy atom. The van der Waals surface area contributed by atoms with Crippen molar-refractivity contribution >= 4 is 16.9 Å². The van der Waals surface area contributed by atoms with Gasteiger partial charge in [0.2, 0.25) is 5.95 Å². The number of hydrogen-bond donors (Lipinski definition) is 1. The van der Waals surface area contributed by atoms with E-state index in [0.29, 0.717) is 5.39 Å². The minimum atomic E-state index is -0.0455. The smallest absolute Gasteiger partial charge is 0.260 e. The molecule has 5 nitrogen and oxygen atoms in total. The molecular formula is C18H26N4O. The van der Waals surface area contributed by atoms with Crippen LogP contribution in [0.3, 0.4) is 0 Å². The summed E-state index contributed by atoms with van der Waals surface area (Å²) in [5, 5.41) is 0.660. The van der Waals surface area contributed by atoms with Crippen LogP contribution < -0.4 is 10.5 Å². The lowest BCUT2D eigenvalue weighted by molar-refractivity contribution is 0.228. The molecule has 23 heavy (non-hydrogen) atoms. The molecule has 1 saturated heterocycles. The van der Waals surface area contributed by atoms with Gasteiger partial charge < -0.3 is 9.80 Å². The van der Waals surface area contributed by atoms with E-state index >= 15 is 0 Å². The zero-order valence-electron chi connectivity index (χ0n) is 14.1. The van der Waals surface area contributed by atoms with E-state index < -0.39 is 0 Å². The van der Waals surface area contributed by atoms with E-state index in [1.165, 1.54) is 6.54 Å². The number of piperidine rings is 1. The van der Waals surface area contributed by atoms with Gasteiger partial charge >= 0.3 is 0 Å². The minimum absolute atomic E-state index is 0.0455. The molecule has 2 heterocycles. The third-order valence-corrected chi connectivity index (χ3v) is 4.93. The van der Waals surface area contributed by atoms with Crippen LogP contribution >= 0.6 is 0 Å². The molecule has 1 N–H and O–H groups in total. The Hall–Kier alpha value is -1.88. The fourth-order valence-electron chi connectivity index (χ4n) is 3.40. The Morgan fingerprint density at radius 2 is 1.91 bits per heavy atom. The molecule has 3 rings (SSSR count). The zero-order chi connectivity index (χ0) is 16.2. The maximum Gasteiger partial charge on any atom is 0.260 e. The number of fused-ring (bicyclic) bond motifs is 1. The van der Waals surface area contributed by atoms with Crippen molar-refractivity contribution < 1.29 is 0 Å².